The van der Waals surface area contributed by atoms with Crippen LogP contribution in [-0.4, -0.2) is 38.1 Å². The van der Waals surface area contributed by atoms with Gasteiger partial charge in [0, 0.05) is 35.8 Å². The molecule has 1 aliphatic heterocycles. The van der Waals surface area contributed by atoms with Gasteiger partial charge < -0.3 is 15.5 Å². The Morgan fingerprint density at radius 2 is 2.00 bits per heavy atom. The Labute approximate surface area is 118 Å². The Hall–Kier alpha value is -0.580. The van der Waals surface area contributed by atoms with Crippen LogP contribution in [0.3, 0.4) is 0 Å². The highest BCUT2D eigenvalue weighted by atomic mass is 79.9. The molecule has 2 N–H and O–H groups in total. The lowest BCUT2D eigenvalue weighted by Gasteiger charge is -2.37. The smallest absolute Gasteiger partial charge is 0.0412 e. The molecule has 0 amide bonds. The molecule has 4 heteroatoms. The third-order valence-corrected chi connectivity index (χ3v) is 4.29. The van der Waals surface area contributed by atoms with Gasteiger partial charge in [-0.2, -0.15) is 0 Å². The van der Waals surface area contributed by atoms with Crippen molar-refractivity contribution in [3.63, 3.8) is 0 Å². The number of halogens is 1. The molecule has 0 radical (unpaired) electrons. The number of nitrogens with zero attached hydrogens (tertiary/aromatic N) is 2. The van der Waals surface area contributed by atoms with Crippen LogP contribution in [0.4, 0.5) is 5.69 Å². The van der Waals surface area contributed by atoms with E-state index in [2.05, 4.69) is 58.0 Å². The molecule has 100 valence electrons. The molecule has 1 aliphatic rings. The molecule has 0 bridgehead atoms. The molecule has 18 heavy (non-hydrogen) atoms. The van der Waals surface area contributed by atoms with Gasteiger partial charge in [-0.3, -0.25) is 0 Å². The van der Waals surface area contributed by atoms with Gasteiger partial charge in [-0.15, -0.1) is 0 Å². The van der Waals surface area contributed by atoms with Gasteiger partial charge in [-0.05, 0) is 50.7 Å². The van der Waals surface area contributed by atoms with Crippen LogP contribution in [0.5, 0.6) is 0 Å². The molecule has 1 aromatic rings. The Morgan fingerprint density at radius 1 is 1.33 bits per heavy atom. The Balaban J connectivity index is 2.09. The summed E-state index contributed by atoms with van der Waals surface area (Å²) in [5.41, 5.74) is 8.38. The van der Waals surface area contributed by atoms with Gasteiger partial charge in [0.2, 0.25) is 0 Å². The summed E-state index contributed by atoms with van der Waals surface area (Å²) in [6.07, 6.45) is 2.46. The van der Waals surface area contributed by atoms with Gasteiger partial charge in [-0.25, -0.2) is 0 Å². The van der Waals surface area contributed by atoms with E-state index in [0.717, 1.165) is 23.6 Å². The quantitative estimate of drug-likeness (QED) is 0.930. The number of hydrogen-bond acceptors (Lipinski definition) is 3. The summed E-state index contributed by atoms with van der Waals surface area (Å²) in [5.74, 6) is 0. The highest BCUT2D eigenvalue weighted by Gasteiger charge is 2.21. The number of nitrogens with two attached hydrogens (primary N) is 1. The molecule has 0 atom stereocenters. The fourth-order valence-electron chi connectivity index (χ4n) is 2.65. The topological polar surface area (TPSA) is 32.5 Å². The molecule has 0 spiro atoms. The van der Waals surface area contributed by atoms with Crippen molar-refractivity contribution in [3.05, 3.63) is 28.2 Å². The molecule has 0 aliphatic carbocycles. The number of rotatable bonds is 3. The molecule has 2 rings (SSSR count). The number of benzene rings is 1. The maximum Gasteiger partial charge on any atom is 0.0412 e. The summed E-state index contributed by atoms with van der Waals surface area (Å²) in [6, 6.07) is 7.14. The maximum atomic E-state index is 5.85. The van der Waals surface area contributed by atoms with Crippen LogP contribution in [0.2, 0.25) is 0 Å². The average molecular weight is 312 g/mol. The molecular formula is C14H22BrN3. The van der Waals surface area contributed by atoms with E-state index in [9.17, 15) is 0 Å². The van der Waals surface area contributed by atoms with Crippen molar-refractivity contribution in [1.29, 1.82) is 0 Å². The molecule has 0 saturated carbocycles. The van der Waals surface area contributed by atoms with Crippen LogP contribution in [0.25, 0.3) is 0 Å². The van der Waals surface area contributed by atoms with Gasteiger partial charge >= 0.3 is 0 Å². The maximum absolute atomic E-state index is 5.85. The minimum absolute atomic E-state index is 0.600. The molecular weight excluding hydrogens is 290 g/mol. The predicted octanol–water partition coefficient (Wildman–Crippen LogP) is 2.44. The molecule has 1 aromatic carbocycles. The third kappa shape index (κ3) is 3.05. The van der Waals surface area contributed by atoms with Crippen LogP contribution in [0.15, 0.2) is 22.7 Å². The normalized spacial score (nSPS) is 17.5. The second kappa shape index (κ2) is 6.04. The molecule has 0 aromatic heterocycles. The van der Waals surface area contributed by atoms with Gasteiger partial charge in [0.15, 0.2) is 0 Å². The largest absolute Gasteiger partial charge is 0.371 e. The minimum atomic E-state index is 0.600. The van der Waals surface area contributed by atoms with Gasteiger partial charge in [0.05, 0.1) is 0 Å². The van der Waals surface area contributed by atoms with E-state index in [1.807, 2.05) is 0 Å². The Bertz CT molecular complexity index is 398. The van der Waals surface area contributed by atoms with Crippen LogP contribution in [0, 0.1) is 0 Å². The van der Waals surface area contributed by atoms with E-state index < -0.39 is 0 Å². The van der Waals surface area contributed by atoms with E-state index in [4.69, 9.17) is 5.73 Å². The minimum Gasteiger partial charge on any atom is -0.371 e. The number of anilines is 1. The zero-order valence-electron chi connectivity index (χ0n) is 11.2. The Morgan fingerprint density at radius 3 is 2.56 bits per heavy atom. The highest BCUT2D eigenvalue weighted by Crippen LogP contribution is 2.27. The van der Waals surface area contributed by atoms with Gasteiger partial charge in [0.1, 0.15) is 0 Å². The van der Waals surface area contributed by atoms with Crippen molar-refractivity contribution < 1.29 is 0 Å². The van der Waals surface area contributed by atoms with Crippen molar-refractivity contribution in [1.82, 2.24) is 4.90 Å². The monoisotopic (exact) mass is 311 g/mol. The average Bonchev–Trinajstić information content (AvgIpc) is 2.38. The fraction of sp³-hybridized carbons (Fsp3) is 0.571. The number of hydrogen-bond donors (Lipinski definition) is 1. The lowest BCUT2D eigenvalue weighted by Crippen LogP contribution is -2.42. The molecule has 0 unspecified atom stereocenters. The SMILES string of the molecule is CN(C)C1CCN(c2ccc(Br)cc2CN)CC1. The van der Waals surface area contributed by atoms with Crippen molar-refractivity contribution in [3.8, 4) is 0 Å². The first-order chi connectivity index (χ1) is 8.61. The van der Waals surface area contributed by atoms with Crippen molar-refractivity contribution >= 4 is 21.6 Å². The van der Waals surface area contributed by atoms with Crippen molar-refractivity contribution in [2.75, 3.05) is 32.1 Å². The van der Waals surface area contributed by atoms with E-state index in [1.54, 1.807) is 0 Å². The molecule has 1 heterocycles. The van der Waals surface area contributed by atoms with Crippen LogP contribution < -0.4 is 10.6 Å². The van der Waals surface area contributed by atoms with E-state index in [1.165, 1.54) is 24.1 Å². The van der Waals surface area contributed by atoms with E-state index in [0.29, 0.717) is 6.54 Å². The summed E-state index contributed by atoms with van der Waals surface area (Å²) in [7, 11) is 4.34. The van der Waals surface area contributed by atoms with Crippen LogP contribution in [-0.2, 0) is 6.54 Å². The summed E-state index contributed by atoms with van der Waals surface area (Å²) in [4.78, 5) is 4.80. The third-order valence-electron chi connectivity index (χ3n) is 3.80. The number of piperidine rings is 1. The summed E-state index contributed by atoms with van der Waals surface area (Å²) in [6.45, 7) is 2.84. The Kier molecular flexibility index (Phi) is 4.65. The zero-order chi connectivity index (χ0) is 13.1. The van der Waals surface area contributed by atoms with Gasteiger partial charge in [-0.1, -0.05) is 15.9 Å². The second-order valence-electron chi connectivity index (χ2n) is 5.16. The first kappa shape index (κ1) is 13.8. The first-order valence-electron chi connectivity index (χ1n) is 6.51. The summed E-state index contributed by atoms with van der Waals surface area (Å²) >= 11 is 3.51. The van der Waals surface area contributed by atoms with Crippen LogP contribution >= 0.6 is 15.9 Å². The molecule has 3 nitrogen and oxygen atoms in total. The first-order valence-corrected chi connectivity index (χ1v) is 7.31. The van der Waals surface area contributed by atoms with Crippen molar-refractivity contribution in [2.45, 2.75) is 25.4 Å². The highest BCUT2D eigenvalue weighted by molar-refractivity contribution is 9.10. The molecule has 1 fully saturated rings. The van der Waals surface area contributed by atoms with E-state index >= 15 is 0 Å². The lowest BCUT2D eigenvalue weighted by molar-refractivity contribution is 0.249. The van der Waals surface area contributed by atoms with E-state index in [-0.39, 0.29) is 0 Å². The summed E-state index contributed by atoms with van der Waals surface area (Å²) in [5, 5.41) is 0. The second-order valence-corrected chi connectivity index (χ2v) is 6.07. The van der Waals surface area contributed by atoms with Gasteiger partial charge in [0.25, 0.3) is 0 Å². The fourth-order valence-corrected chi connectivity index (χ4v) is 3.06. The summed E-state index contributed by atoms with van der Waals surface area (Å²) < 4.78 is 1.11. The van der Waals surface area contributed by atoms with Crippen molar-refractivity contribution in [2.24, 2.45) is 5.73 Å². The van der Waals surface area contributed by atoms with Crippen LogP contribution in [0.1, 0.15) is 18.4 Å². The zero-order valence-corrected chi connectivity index (χ0v) is 12.8. The standard InChI is InChI=1S/C14H22BrN3/c1-17(2)13-5-7-18(8-6-13)14-4-3-12(15)9-11(14)10-16/h3-4,9,13H,5-8,10,16H2,1-2H3. The molecule has 1 saturated heterocycles. The predicted molar refractivity (Wildman–Crippen MR) is 81.0 cm³/mol. The lowest BCUT2D eigenvalue weighted by atomic mass is 10.0.